The quantitative estimate of drug-likeness (QED) is 0.768. The first kappa shape index (κ1) is 9.28. The minimum Gasteiger partial charge on any atom is -0.389 e. The van der Waals surface area contributed by atoms with Crippen molar-refractivity contribution in [3.8, 4) is 0 Å². The SMILES string of the molecule is CC(C)(O)Cn1[c]cc2ccccc21. The van der Waals surface area contributed by atoms with Crippen LogP contribution >= 0.6 is 0 Å². The van der Waals surface area contributed by atoms with Gasteiger partial charge < -0.3 is 9.67 Å². The van der Waals surface area contributed by atoms with E-state index in [2.05, 4.69) is 6.20 Å². The van der Waals surface area contributed by atoms with Crippen molar-refractivity contribution in [3.63, 3.8) is 0 Å². The molecular weight excluding hydrogens is 174 g/mol. The number of para-hydroxylation sites is 1. The van der Waals surface area contributed by atoms with Gasteiger partial charge >= 0.3 is 0 Å². The van der Waals surface area contributed by atoms with Crippen LogP contribution in [-0.4, -0.2) is 15.3 Å². The van der Waals surface area contributed by atoms with Crippen LogP contribution in [0, 0.1) is 6.20 Å². The zero-order valence-electron chi connectivity index (χ0n) is 8.49. The molecule has 0 saturated carbocycles. The first-order valence-electron chi connectivity index (χ1n) is 4.75. The normalized spacial score (nSPS) is 12.2. The van der Waals surface area contributed by atoms with Gasteiger partial charge in [0.25, 0.3) is 0 Å². The van der Waals surface area contributed by atoms with Gasteiger partial charge in [0.1, 0.15) is 0 Å². The van der Waals surface area contributed by atoms with Gasteiger partial charge in [-0.25, -0.2) is 0 Å². The van der Waals surface area contributed by atoms with Gasteiger partial charge in [-0.05, 0) is 26.0 Å². The molecule has 0 bridgehead atoms. The molecule has 1 N–H and O–H groups in total. The average molecular weight is 188 g/mol. The maximum Gasteiger partial charge on any atom is 0.0770 e. The molecule has 0 amide bonds. The van der Waals surface area contributed by atoms with Crippen LogP contribution in [0.25, 0.3) is 10.9 Å². The second-order valence-electron chi connectivity index (χ2n) is 4.23. The third kappa shape index (κ3) is 1.80. The van der Waals surface area contributed by atoms with Gasteiger partial charge in [0.15, 0.2) is 0 Å². The van der Waals surface area contributed by atoms with E-state index in [1.165, 1.54) is 0 Å². The molecular formula is C12H14NO. The van der Waals surface area contributed by atoms with E-state index < -0.39 is 5.60 Å². The summed E-state index contributed by atoms with van der Waals surface area (Å²) in [6, 6.07) is 10.0. The second kappa shape index (κ2) is 3.14. The summed E-state index contributed by atoms with van der Waals surface area (Å²) < 4.78 is 1.95. The van der Waals surface area contributed by atoms with Crippen molar-refractivity contribution in [2.75, 3.05) is 0 Å². The van der Waals surface area contributed by atoms with E-state index in [0.717, 1.165) is 10.9 Å². The standard InChI is InChI=1S/C12H14NO/c1-12(2,14)9-13-8-7-10-5-3-4-6-11(10)13/h3-7,14H,9H2,1-2H3. The second-order valence-corrected chi connectivity index (χ2v) is 4.23. The Labute approximate surface area is 83.8 Å². The Morgan fingerprint density at radius 3 is 2.79 bits per heavy atom. The summed E-state index contributed by atoms with van der Waals surface area (Å²) in [5.41, 5.74) is 0.424. The molecule has 0 fully saturated rings. The van der Waals surface area contributed by atoms with E-state index >= 15 is 0 Å². The van der Waals surface area contributed by atoms with Crippen LogP contribution in [-0.2, 0) is 6.54 Å². The molecule has 0 unspecified atom stereocenters. The first-order chi connectivity index (χ1) is 6.56. The molecule has 2 aromatic rings. The predicted octanol–water partition coefficient (Wildman–Crippen LogP) is 2.21. The van der Waals surface area contributed by atoms with E-state index in [4.69, 9.17) is 0 Å². The van der Waals surface area contributed by atoms with Gasteiger partial charge in [-0.1, -0.05) is 18.2 Å². The molecule has 2 nitrogen and oxygen atoms in total. The third-order valence-electron chi connectivity index (χ3n) is 2.15. The Bertz CT molecular complexity index is 437. The molecule has 0 aliphatic rings. The van der Waals surface area contributed by atoms with Gasteiger partial charge in [0, 0.05) is 10.9 Å². The number of aliphatic hydroxyl groups is 1. The molecule has 2 rings (SSSR count). The van der Waals surface area contributed by atoms with E-state index in [0.29, 0.717) is 6.54 Å². The van der Waals surface area contributed by atoms with Gasteiger partial charge in [0.2, 0.25) is 0 Å². The molecule has 0 atom stereocenters. The van der Waals surface area contributed by atoms with Crippen LogP contribution in [0.5, 0.6) is 0 Å². The van der Waals surface area contributed by atoms with Crippen molar-refractivity contribution in [2.45, 2.75) is 26.0 Å². The molecule has 1 radical (unpaired) electrons. The molecule has 1 aromatic heterocycles. The van der Waals surface area contributed by atoms with Crippen molar-refractivity contribution >= 4 is 10.9 Å². The van der Waals surface area contributed by atoms with Crippen LogP contribution in [0.4, 0.5) is 0 Å². The largest absolute Gasteiger partial charge is 0.389 e. The minimum atomic E-state index is -0.696. The molecule has 0 spiro atoms. The van der Waals surface area contributed by atoms with Gasteiger partial charge in [-0.3, -0.25) is 0 Å². The van der Waals surface area contributed by atoms with Crippen LogP contribution < -0.4 is 0 Å². The fraction of sp³-hybridized carbons (Fsp3) is 0.333. The fourth-order valence-corrected chi connectivity index (χ4v) is 1.59. The lowest BCUT2D eigenvalue weighted by molar-refractivity contribution is 0.0626. The summed E-state index contributed by atoms with van der Waals surface area (Å²) in [6.45, 7) is 4.17. The zero-order chi connectivity index (χ0) is 10.2. The molecule has 1 aromatic carbocycles. The maximum absolute atomic E-state index is 9.71. The number of hydrogen-bond donors (Lipinski definition) is 1. The van der Waals surface area contributed by atoms with E-state index in [-0.39, 0.29) is 0 Å². The van der Waals surface area contributed by atoms with Crippen molar-refractivity contribution in [2.24, 2.45) is 0 Å². The van der Waals surface area contributed by atoms with E-state index in [9.17, 15) is 5.11 Å². The van der Waals surface area contributed by atoms with Crippen LogP contribution in [0.15, 0.2) is 30.3 Å². The van der Waals surface area contributed by atoms with Crippen LogP contribution in [0.2, 0.25) is 0 Å². The van der Waals surface area contributed by atoms with Gasteiger partial charge in [0.05, 0.1) is 18.3 Å². The maximum atomic E-state index is 9.71. The highest BCUT2D eigenvalue weighted by Crippen LogP contribution is 2.17. The molecule has 1 heterocycles. The third-order valence-corrected chi connectivity index (χ3v) is 2.15. The topological polar surface area (TPSA) is 25.2 Å². The monoisotopic (exact) mass is 188 g/mol. The lowest BCUT2D eigenvalue weighted by Crippen LogP contribution is -2.25. The highest BCUT2D eigenvalue weighted by molar-refractivity contribution is 5.79. The van der Waals surface area contributed by atoms with Crippen LogP contribution in [0.1, 0.15) is 13.8 Å². The molecule has 14 heavy (non-hydrogen) atoms. The summed E-state index contributed by atoms with van der Waals surface area (Å²) in [4.78, 5) is 0. The van der Waals surface area contributed by atoms with Crippen molar-refractivity contribution in [1.82, 2.24) is 4.57 Å². The summed E-state index contributed by atoms with van der Waals surface area (Å²) in [5.74, 6) is 0. The van der Waals surface area contributed by atoms with Crippen molar-refractivity contribution in [3.05, 3.63) is 36.5 Å². The lowest BCUT2D eigenvalue weighted by Gasteiger charge is -2.18. The number of rotatable bonds is 2. The molecule has 0 saturated heterocycles. The lowest BCUT2D eigenvalue weighted by atomic mass is 10.1. The van der Waals surface area contributed by atoms with Crippen LogP contribution in [0.3, 0.4) is 0 Å². The van der Waals surface area contributed by atoms with E-state index in [1.54, 1.807) is 13.8 Å². The molecule has 0 aliphatic heterocycles. The molecule has 0 aliphatic carbocycles. The predicted molar refractivity (Wildman–Crippen MR) is 57.1 cm³/mol. The Kier molecular flexibility index (Phi) is 2.08. The zero-order valence-corrected chi connectivity index (χ0v) is 8.49. The minimum absolute atomic E-state index is 0.570. The number of fused-ring (bicyclic) bond motifs is 1. The summed E-state index contributed by atoms with van der Waals surface area (Å²) in [5, 5.41) is 10.9. The summed E-state index contributed by atoms with van der Waals surface area (Å²) >= 11 is 0. The van der Waals surface area contributed by atoms with Gasteiger partial charge in [-0.2, -0.15) is 0 Å². The summed E-state index contributed by atoms with van der Waals surface area (Å²) in [6.07, 6.45) is 3.13. The number of benzene rings is 1. The van der Waals surface area contributed by atoms with Crippen molar-refractivity contribution in [1.29, 1.82) is 0 Å². The number of aromatic nitrogens is 1. The van der Waals surface area contributed by atoms with Gasteiger partial charge in [-0.15, -0.1) is 0 Å². The highest BCUT2D eigenvalue weighted by atomic mass is 16.3. The number of hydrogen-bond acceptors (Lipinski definition) is 1. The van der Waals surface area contributed by atoms with Crippen molar-refractivity contribution < 1.29 is 5.11 Å². The first-order valence-corrected chi connectivity index (χ1v) is 4.75. The Morgan fingerprint density at radius 2 is 2.07 bits per heavy atom. The van der Waals surface area contributed by atoms with E-state index in [1.807, 2.05) is 34.9 Å². The Morgan fingerprint density at radius 1 is 1.36 bits per heavy atom. The smallest absolute Gasteiger partial charge is 0.0770 e. The summed E-state index contributed by atoms with van der Waals surface area (Å²) in [7, 11) is 0. The number of nitrogens with zero attached hydrogens (tertiary/aromatic N) is 1. The fourth-order valence-electron chi connectivity index (χ4n) is 1.59. The molecule has 2 heteroatoms. The Hall–Kier alpha value is -1.28. The Balaban J connectivity index is 2.44. The molecule has 73 valence electrons. The average Bonchev–Trinajstić information content (AvgIpc) is 2.47. The highest BCUT2D eigenvalue weighted by Gasteiger charge is 2.14.